The summed E-state index contributed by atoms with van der Waals surface area (Å²) in [4.78, 5) is 26.6. The summed E-state index contributed by atoms with van der Waals surface area (Å²) in [5.74, 6) is 0.148. The van der Waals surface area contributed by atoms with Crippen molar-refractivity contribution >= 4 is 11.7 Å². The number of ketones is 1. The van der Waals surface area contributed by atoms with Crippen molar-refractivity contribution < 1.29 is 9.59 Å². The summed E-state index contributed by atoms with van der Waals surface area (Å²) in [5.41, 5.74) is 0.732. The second-order valence-corrected chi connectivity index (χ2v) is 5.97. The van der Waals surface area contributed by atoms with Crippen LogP contribution in [0.3, 0.4) is 0 Å². The minimum Gasteiger partial charge on any atom is -0.339 e. The molecule has 2 aliphatic rings. The SMILES string of the molecule is O=C(c1ccccc1)C1CC(=O)N(C2CCCCC2)C1. The van der Waals surface area contributed by atoms with Crippen molar-refractivity contribution in [2.45, 2.75) is 44.6 Å². The first kappa shape index (κ1) is 13.3. The van der Waals surface area contributed by atoms with E-state index in [1.807, 2.05) is 35.2 Å². The second-order valence-electron chi connectivity index (χ2n) is 5.97. The summed E-state index contributed by atoms with van der Waals surface area (Å²) in [6.45, 7) is 0.622. The van der Waals surface area contributed by atoms with Crippen molar-refractivity contribution in [3.05, 3.63) is 35.9 Å². The number of carbonyl (C=O) groups is 2. The molecule has 1 atom stereocenters. The Morgan fingerprint density at radius 2 is 1.75 bits per heavy atom. The molecule has 0 radical (unpaired) electrons. The van der Waals surface area contributed by atoms with Gasteiger partial charge in [0, 0.05) is 30.5 Å². The Hall–Kier alpha value is -1.64. The van der Waals surface area contributed by atoms with Gasteiger partial charge in [0.25, 0.3) is 0 Å². The first-order valence-electron chi connectivity index (χ1n) is 7.64. The van der Waals surface area contributed by atoms with Crippen LogP contribution in [0.25, 0.3) is 0 Å². The maximum absolute atomic E-state index is 12.4. The van der Waals surface area contributed by atoms with Crippen molar-refractivity contribution in [2.24, 2.45) is 5.92 Å². The van der Waals surface area contributed by atoms with Crippen LogP contribution in [-0.4, -0.2) is 29.2 Å². The van der Waals surface area contributed by atoms with E-state index in [0.29, 0.717) is 19.0 Å². The minimum absolute atomic E-state index is 0.122. The summed E-state index contributed by atoms with van der Waals surface area (Å²) >= 11 is 0. The van der Waals surface area contributed by atoms with E-state index < -0.39 is 0 Å². The molecule has 1 heterocycles. The lowest BCUT2D eigenvalue weighted by Gasteiger charge is -2.31. The Morgan fingerprint density at radius 3 is 2.45 bits per heavy atom. The standard InChI is InChI=1S/C17H21NO2/c19-16-11-14(17(20)13-7-3-1-4-8-13)12-18(16)15-9-5-2-6-10-15/h1,3-4,7-8,14-15H,2,5-6,9-12H2. The van der Waals surface area contributed by atoms with E-state index >= 15 is 0 Å². The highest BCUT2D eigenvalue weighted by molar-refractivity contribution is 6.01. The number of nitrogens with zero attached hydrogens (tertiary/aromatic N) is 1. The average molecular weight is 271 g/mol. The van der Waals surface area contributed by atoms with E-state index in [-0.39, 0.29) is 17.6 Å². The molecule has 0 aromatic heterocycles. The van der Waals surface area contributed by atoms with Gasteiger partial charge in [0.15, 0.2) is 5.78 Å². The van der Waals surface area contributed by atoms with Gasteiger partial charge in [-0.1, -0.05) is 49.6 Å². The number of hydrogen-bond donors (Lipinski definition) is 0. The monoisotopic (exact) mass is 271 g/mol. The van der Waals surface area contributed by atoms with E-state index in [2.05, 4.69) is 0 Å². The van der Waals surface area contributed by atoms with Crippen molar-refractivity contribution in [3.8, 4) is 0 Å². The lowest BCUT2D eigenvalue weighted by Crippen LogP contribution is -2.38. The van der Waals surface area contributed by atoms with Gasteiger partial charge in [-0.3, -0.25) is 9.59 Å². The van der Waals surface area contributed by atoms with Gasteiger partial charge in [0.1, 0.15) is 0 Å². The molecule has 1 aromatic carbocycles. The van der Waals surface area contributed by atoms with Gasteiger partial charge < -0.3 is 4.90 Å². The number of Topliss-reactive ketones (excluding diaryl/α,β-unsaturated/α-hetero) is 1. The van der Waals surface area contributed by atoms with Crippen molar-refractivity contribution in [2.75, 3.05) is 6.54 Å². The van der Waals surface area contributed by atoms with Gasteiger partial charge >= 0.3 is 0 Å². The molecule has 1 unspecified atom stereocenters. The molecule has 20 heavy (non-hydrogen) atoms. The van der Waals surface area contributed by atoms with E-state index in [0.717, 1.165) is 18.4 Å². The molecule has 106 valence electrons. The molecule has 1 aliphatic heterocycles. The van der Waals surface area contributed by atoms with Crippen LogP contribution in [0.2, 0.25) is 0 Å². The normalized spacial score (nSPS) is 24.1. The highest BCUT2D eigenvalue weighted by Crippen LogP contribution is 2.30. The molecule has 3 rings (SSSR count). The molecular formula is C17H21NO2. The summed E-state index contributed by atoms with van der Waals surface area (Å²) in [5, 5.41) is 0. The van der Waals surface area contributed by atoms with E-state index in [9.17, 15) is 9.59 Å². The smallest absolute Gasteiger partial charge is 0.223 e. The Bertz CT molecular complexity index is 491. The summed E-state index contributed by atoms with van der Waals surface area (Å²) < 4.78 is 0. The molecule has 1 saturated heterocycles. The highest BCUT2D eigenvalue weighted by atomic mass is 16.2. The van der Waals surface area contributed by atoms with Crippen LogP contribution in [0, 0.1) is 5.92 Å². The van der Waals surface area contributed by atoms with E-state index in [1.165, 1.54) is 19.3 Å². The summed E-state index contributed by atoms with van der Waals surface area (Å²) in [7, 11) is 0. The van der Waals surface area contributed by atoms with E-state index in [4.69, 9.17) is 0 Å². The van der Waals surface area contributed by atoms with Crippen LogP contribution in [0.5, 0.6) is 0 Å². The average Bonchev–Trinajstić information content (AvgIpc) is 2.90. The fourth-order valence-corrected chi connectivity index (χ4v) is 3.49. The molecular weight excluding hydrogens is 250 g/mol. The van der Waals surface area contributed by atoms with Crippen LogP contribution in [0.1, 0.15) is 48.9 Å². The molecule has 1 aromatic rings. The molecule has 1 saturated carbocycles. The number of carbonyl (C=O) groups excluding carboxylic acids is 2. The van der Waals surface area contributed by atoms with Gasteiger partial charge in [0.2, 0.25) is 5.91 Å². The molecule has 0 bridgehead atoms. The largest absolute Gasteiger partial charge is 0.339 e. The van der Waals surface area contributed by atoms with E-state index in [1.54, 1.807) is 0 Å². The van der Waals surface area contributed by atoms with Gasteiger partial charge in [-0.05, 0) is 12.8 Å². The molecule has 2 fully saturated rings. The quantitative estimate of drug-likeness (QED) is 0.792. The van der Waals surface area contributed by atoms with Gasteiger partial charge in [-0.15, -0.1) is 0 Å². The minimum atomic E-state index is -0.146. The van der Waals surface area contributed by atoms with Gasteiger partial charge in [-0.25, -0.2) is 0 Å². The number of rotatable bonds is 3. The number of benzene rings is 1. The fourth-order valence-electron chi connectivity index (χ4n) is 3.49. The predicted molar refractivity (Wildman–Crippen MR) is 77.5 cm³/mol. The molecule has 0 spiro atoms. The van der Waals surface area contributed by atoms with Crippen molar-refractivity contribution in [1.29, 1.82) is 0 Å². The third kappa shape index (κ3) is 2.62. The highest BCUT2D eigenvalue weighted by Gasteiger charge is 2.38. The predicted octanol–water partition coefficient (Wildman–Crippen LogP) is 3.05. The number of amides is 1. The Balaban J connectivity index is 1.68. The first-order valence-corrected chi connectivity index (χ1v) is 7.64. The molecule has 0 N–H and O–H groups in total. The van der Waals surface area contributed by atoms with Crippen molar-refractivity contribution in [3.63, 3.8) is 0 Å². The first-order chi connectivity index (χ1) is 9.75. The molecule has 1 amide bonds. The van der Waals surface area contributed by atoms with Crippen molar-refractivity contribution in [1.82, 2.24) is 4.90 Å². The van der Waals surface area contributed by atoms with Crippen LogP contribution in [-0.2, 0) is 4.79 Å². The third-order valence-electron chi connectivity index (χ3n) is 4.60. The molecule has 1 aliphatic carbocycles. The van der Waals surface area contributed by atoms with Crippen LogP contribution in [0.4, 0.5) is 0 Å². The zero-order valence-corrected chi connectivity index (χ0v) is 11.8. The van der Waals surface area contributed by atoms with Gasteiger partial charge in [-0.2, -0.15) is 0 Å². The fraction of sp³-hybridized carbons (Fsp3) is 0.529. The topological polar surface area (TPSA) is 37.4 Å². The summed E-state index contributed by atoms with van der Waals surface area (Å²) in [6.07, 6.45) is 6.32. The second kappa shape index (κ2) is 5.78. The number of likely N-dealkylation sites (tertiary alicyclic amines) is 1. The summed E-state index contributed by atoms with van der Waals surface area (Å²) in [6, 6.07) is 9.73. The van der Waals surface area contributed by atoms with Crippen LogP contribution in [0.15, 0.2) is 30.3 Å². The zero-order chi connectivity index (χ0) is 13.9. The van der Waals surface area contributed by atoms with Crippen LogP contribution >= 0.6 is 0 Å². The maximum Gasteiger partial charge on any atom is 0.223 e. The Labute approximate surface area is 120 Å². The zero-order valence-electron chi connectivity index (χ0n) is 11.8. The molecule has 3 nitrogen and oxygen atoms in total. The lowest BCUT2D eigenvalue weighted by molar-refractivity contribution is -0.130. The maximum atomic E-state index is 12.4. The molecule has 3 heteroatoms. The third-order valence-corrected chi connectivity index (χ3v) is 4.60. The lowest BCUT2D eigenvalue weighted by atomic mass is 9.94. The Morgan fingerprint density at radius 1 is 1.05 bits per heavy atom. The number of hydrogen-bond acceptors (Lipinski definition) is 2. The van der Waals surface area contributed by atoms with Gasteiger partial charge in [0.05, 0.1) is 0 Å². The Kier molecular flexibility index (Phi) is 3.86. The van der Waals surface area contributed by atoms with Crippen LogP contribution < -0.4 is 0 Å².